The fourth-order valence-corrected chi connectivity index (χ4v) is 3.77. The maximum Gasteiger partial charge on any atom is 0.204 e. The molecular formula is C26H29FN6O3. The number of carbonyl (C=O) groups excluding carboxylic acids is 1. The van der Waals surface area contributed by atoms with Gasteiger partial charge < -0.3 is 25.5 Å². The van der Waals surface area contributed by atoms with Crippen LogP contribution in [0.5, 0.6) is 5.75 Å². The van der Waals surface area contributed by atoms with Crippen molar-refractivity contribution in [2.24, 2.45) is 5.73 Å². The lowest BCUT2D eigenvalue weighted by Crippen LogP contribution is -2.06. The zero-order valence-electron chi connectivity index (χ0n) is 19.9. The molecule has 1 amide bonds. The molecule has 3 heterocycles. The first-order chi connectivity index (χ1) is 17.5. The molecule has 0 radical (unpaired) electrons. The van der Waals surface area contributed by atoms with Crippen molar-refractivity contribution in [1.82, 2.24) is 14.5 Å². The number of fused-ring (bicyclic) bond motifs is 2. The molecule has 5 N–H and O–H groups in total. The van der Waals surface area contributed by atoms with E-state index in [-0.39, 0.29) is 24.7 Å². The molecular weight excluding hydrogens is 463 g/mol. The molecule has 0 bridgehead atoms. The van der Waals surface area contributed by atoms with Crippen LogP contribution in [0.2, 0.25) is 0 Å². The standard InChI is InChI=1S/C25H26FN5O2.CH3NO/c1-33-19-14-22-25(30-15-19)21(9-11-29-22)28-10-3-2-6-24(27)31-16-17(5-4-12-32)20-8-7-18(26)13-23(20)31;2-1-3/h2,6-9,11,13-16,27,32H,3-5,10,12H2,1H3,(H,28,29);1H,(H2,2,3)/b6-2-,27-24?;. The Bertz CT molecular complexity index is 1370. The van der Waals surface area contributed by atoms with E-state index in [0.29, 0.717) is 37.1 Å². The average Bonchev–Trinajstić information content (AvgIpc) is 3.24. The van der Waals surface area contributed by atoms with Gasteiger partial charge in [0.25, 0.3) is 0 Å². The fourth-order valence-electron chi connectivity index (χ4n) is 3.77. The van der Waals surface area contributed by atoms with Crippen LogP contribution in [-0.2, 0) is 11.2 Å². The van der Waals surface area contributed by atoms with E-state index in [1.807, 2.05) is 24.4 Å². The highest BCUT2D eigenvalue weighted by molar-refractivity contribution is 6.00. The van der Waals surface area contributed by atoms with Gasteiger partial charge in [0.15, 0.2) is 0 Å². The first-order valence-corrected chi connectivity index (χ1v) is 11.4. The average molecular weight is 493 g/mol. The van der Waals surface area contributed by atoms with Gasteiger partial charge in [0, 0.05) is 37.0 Å². The number of allylic oxidation sites excluding steroid dienone is 1. The van der Waals surface area contributed by atoms with Gasteiger partial charge in [0.05, 0.1) is 30.0 Å². The minimum Gasteiger partial charge on any atom is -0.495 e. The third-order valence-electron chi connectivity index (χ3n) is 5.40. The lowest BCUT2D eigenvalue weighted by Gasteiger charge is -2.08. The Hall–Kier alpha value is -4.31. The number of ether oxygens (including phenoxy) is 1. The highest BCUT2D eigenvalue weighted by Gasteiger charge is 2.11. The molecule has 0 saturated carbocycles. The minimum atomic E-state index is -0.340. The van der Waals surface area contributed by atoms with Gasteiger partial charge in [-0.05, 0) is 55.2 Å². The summed E-state index contributed by atoms with van der Waals surface area (Å²) >= 11 is 0. The third kappa shape index (κ3) is 6.42. The number of pyridine rings is 2. The van der Waals surface area contributed by atoms with Gasteiger partial charge in [-0.2, -0.15) is 0 Å². The van der Waals surface area contributed by atoms with E-state index >= 15 is 0 Å². The number of nitrogens with two attached hydrogens (primary N) is 1. The van der Waals surface area contributed by atoms with Crippen molar-refractivity contribution in [3.63, 3.8) is 0 Å². The van der Waals surface area contributed by atoms with E-state index in [2.05, 4.69) is 21.0 Å². The third-order valence-corrected chi connectivity index (χ3v) is 5.40. The van der Waals surface area contributed by atoms with Crippen molar-refractivity contribution in [2.75, 3.05) is 25.6 Å². The Kier molecular flexibility index (Phi) is 9.47. The van der Waals surface area contributed by atoms with Crippen LogP contribution in [0.3, 0.4) is 0 Å². The molecule has 9 nitrogen and oxygen atoms in total. The van der Waals surface area contributed by atoms with Crippen molar-refractivity contribution in [2.45, 2.75) is 19.3 Å². The smallest absolute Gasteiger partial charge is 0.204 e. The molecule has 36 heavy (non-hydrogen) atoms. The Morgan fingerprint density at radius 1 is 1.31 bits per heavy atom. The second kappa shape index (κ2) is 13.0. The second-order valence-corrected chi connectivity index (χ2v) is 7.75. The number of methoxy groups -OCH3 is 1. The van der Waals surface area contributed by atoms with Crippen molar-refractivity contribution < 1.29 is 19.0 Å². The molecule has 0 unspecified atom stereocenters. The number of aliphatic hydroxyl groups excluding tert-OH is 1. The lowest BCUT2D eigenvalue weighted by molar-refractivity contribution is -0.106. The van der Waals surface area contributed by atoms with E-state index < -0.39 is 0 Å². The number of primary amides is 1. The fraction of sp³-hybridized carbons (Fsp3) is 0.231. The summed E-state index contributed by atoms with van der Waals surface area (Å²) < 4.78 is 20.7. The summed E-state index contributed by atoms with van der Waals surface area (Å²) in [6.07, 6.45) is 11.1. The molecule has 0 spiro atoms. The molecule has 1 aromatic carbocycles. The number of aryl methyl sites for hydroxylation is 1. The molecule has 0 fully saturated rings. The van der Waals surface area contributed by atoms with E-state index in [0.717, 1.165) is 27.7 Å². The van der Waals surface area contributed by atoms with Gasteiger partial charge in [-0.25, -0.2) is 9.37 Å². The summed E-state index contributed by atoms with van der Waals surface area (Å²) in [6, 6.07) is 8.32. The Balaban J connectivity index is 0.00000115. The number of nitrogens with one attached hydrogen (secondary N) is 2. The zero-order valence-corrected chi connectivity index (χ0v) is 19.9. The van der Waals surface area contributed by atoms with Gasteiger partial charge in [0.2, 0.25) is 6.41 Å². The summed E-state index contributed by atoms with van der Waals surface area (Å²) in [7, 11) is 1.60. The minimum absolute atomic E-state index is 0.0913. The monoisotopic (exact) mass is 492 g/mol. The number of anilines is 1. The van der Waals surface area contributed by atoms with Crippen LogP contribution >= 0.6 is 0 Å². The summed E-state index contributed by atoms with van der Waals surface area (Å²) in [5.41, 5.74) is 8.21. The van der Waals surface area contributed by atoms with Crippen LogP contribution in [-0.4, -0.2) is 52.1 Å². The Morgan fingerprint density at radius 2 is 2.11 bits per heavy atom. The van der Waals surface area contributed by atoms with Crippen LogP contribution in [0.4, 0.5) is 10.1 Å². The molecule has 0 atom stereocenters. The predicted octanol–water partition coefficient (Wildman–Crippen LogP) is 3.64. The summed E-state index contributed by atoms with van der Waals surface area (Å²) in [5.74, 6) is 0.571. The van der Waals surface area contributed by atoms with Crippen molar-refractivity contribution in [3.05, 3.63) is 72.5 Å². The van der Waals surface area contributed by atoms with Crippen molar-refractivity contribution >= 4 is 39.9 Å². The molecule has 0 aliphatic heterocycles. The maximum absolute atomic E-state index is 13.8. The molecule has 0 aliphatic rings. The van der Waals surface area contributed by atoms with Crippen LogP contribution in [0.15, 0.2) is 61.1 Å². The Labute approximate surface area is 207 Å². The Morgan fingerprint density at radius 3 is 2.86 bits per heavy atom. The number of aliphatic hydroxyl groups is 1. The molecule has 4 rings (SSSR count). The van der Waals surface area contributed by atoms with Crippen LogP contribution < -0.4 is 15.8 Å². The highest BCUT2D eigenvalue weighted by Crippen LogP contribution is 2.24. The zero-order chi connectivity index (χ0) is 25.9. The summed E-state index contributed by atoms with van der Waals surface area (Å²) in [6.45, 7) is 0.744. The number of halogens is 1. The van der Waals surface area contributed by atoms with E-state index in [1.54, 1.807) is 36.2 Å². The first-order valence-electron chi connectivity index (χ1n) is 11.4. The second-order valence-electron chi connectivity index (χ2n) is 7.75. The molecule has 3 aromatic heterocycles. The number of hydrogen-bond acceptors (Lipinski definition) is 7. The summed E-state index contributed by atoms with van der Waals surface area (Å²) in [5, 5.41) is 21.9. The number of aromatic nitrogens is 3. The van der Waals surface area contributed by atoms with E-state index in [1.165, 1.54) is 12.1 Å². The van der Waals surface area contributed by atoms with Crippen LogP contribution in [0.1, 0.15) is 18.4 Å². The van der Waals surface area contributed by atoms with Gasteiger partial charge in [-0.3, -0.25) is 15.2 Å². The van der Waals surface area contributed by atoms with E-state index in [4.69, 9.17) is 20.0 Å². The van der Waals surface area contributed by atoms with Crippen LogP contribution in [0.25, 0.3) is 21.9 Å². The molecule has 0 saturated heterocycles. The van der Waals surface area contributed by atoms with Crippen LogP contribution in [0, 0.1) is 11.2 Å². The van der Waals surface area contributed by atoms with Gasteiger partial charge in [-0.1, -0.05) is 6.08 Å². The van der Waals surface area contributed by atoms with Gasteiger partial charge in [0.1, 0.15) is 22.9 Å². The van der Waals surface area contributed by atoms with Crippen molar-refractivity contribution in [1.29, 1.82) is 5.41 Å². The molecule has 188 valence electrons. The molecule has 4 aromatic rings. The number of amides is 1. The lowest BCUT2D eigenvalue weighted by atomic mass is 10.1. The first kappa shape index (κ1) is 26.3. The number of benzene rings is 1. The van der Waals surface area contributed by atoms with E-state index in [9.17, 15) is 4.39 Å². The van der Waals surface area contributed by atoms with Crippen molar-refractivity contribution in [3.8, 4) is 5.75 Å². The SMILES string of the molecule is COc1cnc2c(NCC/C=C\C(=N)n3cc(CCCO)c4ccc(F)cc43)ccnc2c1.NC=O. The molecule has 0 aliphatic carbocycles. The topological polar surface area (TPSA) is 139 Å². The molecule has 10 heteroatoms. The maximum atomic E-state index is 13.8. The number of rotatable bonds is 9. The quantitative estimate of drug-likeness (QED) is 0.122. The largest absolute Gasteiger partial charge is 0.495 e. The van der Waals surface area contributed by atoms with Gasteiger partial charge >= 0.3 is 0 Å². The predicted molar refractivity (Wildman–Crippen MR) is 139 cm³/mol. The highest BCUT2D eigenvalue weighted by atomic mass is 19.1. The number of hydrogen-bond donors (Lipinski definition) is 4. The summed E-state index contributed by atoms with van der Waals surface area (Å²) in [4.78, 5) is 17.3. The number of carbonyl (C=O) groups is 1. The normalized spacial score (nSPS) is 10.9. The van der Waals surface area contributed by atoms with Gasteiger partial charge in [-0.15, -0.1) is 0 Å². The number of nitrogens with zero attached hydrogens (tertiary/aromatic N) is 3.